The maximum Gasteiger partial charge on any atom is 0.328 e. The van der Waals surface area contributed by atoms with Crippen LogP contribution in [0.15, 0.2) is 48.5 Å². The van der Waals surface area contributed by atoms with Gasteiger partial charge in [-0.15, -0.1) is 0 Å². The monoisotopic (exact) mass is 401 g/mol. The van der Waals surface area contributed by atoms with Crippen LogP contribution in [0.1, 0.15) is 54.0 Å². The van der Waals surface area contributed by atoms with Crippen molar-refractivity contribution < 1.29 is 19.1 Å². The molecular weight excluding hydrogens is 378 g/mol. The van der Waals surface area contributed by atoms with Crippen LogP contribution in [0.2, 0.25) is 5.02 Å². The molecule has 5 nitrogen and oxygen atoms in total. The lowest BCUT2D eigenvalue weighted by Gasteiger charge is -2.19. The van der Waals surface area contributed by atoms with Gasteiger partial charge in [0, 0.05) is 5.56 Å². The highest BCUT2D eigenvalue weighted by atomic mass is 35.5. The molecule has 28 heavy (non-hydrogen) atoms. The molecule has 1 atom stereocenters. The molecule has 0 radical (unpaired) electrons. The molecule has 148 valence electrons. The van der Waals surface area contributed by atoms with E-state index in [0.29, 0.717) is 5.56 Å². The maximum absolute atomic E-state index is 12.2. The number of carbonyl (C=O) groups excluding carboxylic acids is 3. The Bertz CT molecular complexity index is 869. The highest BCUT2D eigenvalue weighted by Gasteiger charge is 2.21. The van der Waals surface area contributed by atoms with Crippen LogP contribution in [-0.2, 0) is 14.9 Å². The van der Waals surface area contributed by atoms with Gasteiger partial charge in [-0.3, -0.25) is 9.59 Å². The molecule has 2 aromatic carbocycles. The third kappa shape index (κ3) is 5.67. The van der Waals surface area contributed by atoms with Crippen molar-refractivity contribution in [2.75, 3.05) is 6.61 Å². The molecule has 0 aliphatic carbocycles. The summed E-state index contributed by atoms with van der Waals surface area (Å²) in [7, 11) is 0. The van der Waals surface area contributed by atoms with Crippen LogP contribution in [0.3, 0.4) is 0 Å². The molecule has 0 aliphatic heterocycles. The van der Waals surface area contributed by atoms with Gasteiger partial charge in [0.05, 0.1) is 10.6 Å². The van der Waals surface area contributed by atoms with Crippen molar-refractivity contribution >= 4 is 29.3 Å². The molecule has 0 heterocycles. The molecule has 0 bridgehead atoms. The van der Waals surface area contributed by atoms with Crippen LogP contribution >= 0.6 is 11.6 Å². The quantitative estimate of drug-likeness (QED) is 0.582. The van der Waals surface area contributed by atoms with Crippen LogP contribution in [0, 0.1) is 0 Å². The van der Waals surface area contributed by atoms with Gasteiger partial charge in [-0.2, -0.15) is 0 Å². The van der Waals surface area contributed by atoms with E-state index in [4.69, 9.17) is 16.3 Å². The summed E-state index contributed by atoms with van der Waals surface area (Å²) in [5.41, 5.74) is 1.83. The molecule has 0 saturated heterocycles. The number of amides is 1. The second-order valence-electron chi connectivity index (χ2n) is 7.53. The van der Waals surface area contributed by atoms with Gasteiger partial charge in [0.15, 0.2) is 12.4 Å². The number of ketones is 1. The van der Waals surface area contributed by atoms with Crippen LogP contribution < -0.4 is 5.32 Å². The van der Waals surface area contributed by atoms with E-state index in [1.807, 2.05) is 12.1 Å². The molecule has 0 spiro atoms. The van der Waals surface area contributed by atoms with E-state index in [9.17, 15) is 14.4 Å². The number of nitrogens with one attached hydrogen (secondary N) is 1. The third-order valence-electron chi connectivity index (χ3n) is 4.24. The van der Waals surface area contributed by atoms with Crippen molar-refractivity contribution in [1.82, 2.24) is 5.32 Å². The van der Waals surface area contributed by atoms with E-state index < -0.39 is 17.9 Å². The van der Waals surface area contributed by atoms with Crippen molar-refractivity contribution in [2.24, 2.45) is 0 Å². The van der Waals surface area contributed by atoms with Gasteiger partial charge in [-0.25, -0.2) is 4.79 Å². The molecule has 6 heteroatoms. The molecule has 0 fully saturated rings. The summed E-state index contributed by atoms with van der Waals surface area (Å²) in [6, 6.07) is 12.8. The predicted molar refractivity (Wildman–Crippen MR) is 109 cm³/mol. The van der Waals surface area contributed by atoms with E-state index in [-0.39, 0.29) is 28.4 Å². The number of hydrogen-bond donors (Lipinski definition) is 1. The smallest absolute Gasteiger partial charge is 0.328 e. The van der Waals surface area contributed by atoms with Crippen LogP contribution in [-0.4, -0.2) is 30.3 Å². The summed E-state index contributed by atoms with van der Waals surface area (Å²) in [5, 5.41) is 2.80. The van der Waals surface area contributed by atoms with E-state index in [1.54, 1.807) is 36.4 Å². The summed E-state index contributed by atoms with van der Waals surface area (Å²) in [4.78, 5) is 36.5. The Morgan fingerprint density at radius 3 is 2.21 bits per heavy atom. The molecule has 0 aliphatic rings. The van der Waals surface area contributed by atoms with Gasteiger partial charge >= 0.3 is 5.97 Å². The fourth-order valence-electron chi connectivity index (χ4n) is 2.48. The predicted octanol–water partition coefficient (Wildman–Crippen LogP) is 4.18. The molecule has 0 unspecified atom stereocenters. The highest BCUT2D eigenvalue weighted by Crippen LogP contribution is 2.22. The van der Waals surface area contributed by atoms with Crippen molar-refractivity contribution in [3.63, 3.8) is 0 Å². The summed E-state index contributed by atoms with van der Waals surface area (Å²) in [6.45, 7) is 7.36. The van der Waals surface area contributed by atoms with Crippen molar-refractivity contribution in [1.29, 1.82) is 0 Å². The van der Waals surface area contributed by atoms with Crippen LogP contribution in [0.25, 0.3) is 0 Å². The van der Waals surface area contributed by atoms with Gasteiger partial charge in [-0.1, -0.05) is 68.8 Å². The summed E-state index contributed by atoms with van der Waals surface area (Å²) in [5.74, 6) is -1.49. The van der Waals surface area contributed by atoms with Gasteiger partial charge in [0.1, 0.15) is 6.04 Å². The van der Waals surface area contributed by atoms with E-state index in [2.05, 4.69) is 26.1 Å². The van der Waals surface area contributed by atoms with Crippen molar-refractivity contribution in [2.45, 2.75) is 39.2 Å². The maximum atomic E-state index is 12.2. The summed E-state index contributed by atoms with van der Waals surface area (Å²) in [6.07, 6.45) is 0. The Balaban J connectivity index is 1.89. The highest BCUT2D eigenvalue weighted by molar-refractivity contribution is 6.33. The van der Waals surface area contributed by atoms with E-state index in [0.717, 1.165) is 5.56 Å². The lowest BCUT2D eigenvalue weighted by molar-refractivity contribution is -0.144. The first-order valence-electron chi connectivity index (χ1n) is 8.95. The Morgan fingerprint density at radius 1 is 1.04 bits per heavy atom. The Kier molecular flexibility index (Phi) is 6.97. The molecule has 2 rings (SSSR count). The molecule has 1 amide bonds. The first kappa shape index (κ1) is 21.6. The van der Waals surface area contributed by atoms with Gasteiger partial charge < -0.3 is 10.1 Å². The van der Waals surface area contributed by atoms with Crippen molar-refractivity contribution in [3.05, 3.63) is 70.2 Å². The topological polar surface area (TPSA) is 72.5 Å². The average Bonchev–Trinajstić information content (AvgIpc) is 2.65. The van der Waals surface area contributed by atoms with Crippen LogP contribution in [0.4, 0.5) is 0 Å². The Hall–Kier alpha value is -2.66. The second-order valence-corrected chi connectivity index (χ2v) is 7.94. The minimum absolute atomic E-state index is 0.0106. The van der Waals surface area contributed by atoms with E-state index in [1.165, 1.54) is 6.92 Å². The third-order valence-corrected chi connectivity index (χ3v) is 4.57. The molecule has 2 aromatic rings. The van der Waals surface area contributed by atoms with Crippen molar-refractivity contribution in [3.8, 4) is 0 Å². The first-order chi connectivity index (χ1) is 13.1. The fourth-order valence-corrected chi connectivity index (χ4v) is 2.70. The summed E-state index contributed by atoms with van der Waals surface area (Å²) < 4.78 is 5.05. The SMILES string of the molecule is C[C@H](NC(=O)c1ccccc1Cl)C(=O)OCC(=O)c1ccc(C(C)(C)C)cc1. The standard InChI is InChI=1S/C22H24ClNO4/c1-14(24-20(26)17-7-5-6-8-18(17)23)21(27)28-13-19(25)15-9-11-16(12-10-15)22(2,3)4/h5-12,14H,13H2,1-4H3,(H,24,26)/t14-/m0/s1. The zero-order valence-electron chi connectivity index (χ0n) is 16.4. The summed E-state index contributed by atoms with van der Waals surface area (Å²) >= 11 is 5.97. The first-order valence-corrected chi connectivity index (χ1v) is 9.33. The Labute approximate surface area is 170 Å². The number of esters is 1. The van der Waals surface area contributed by atoms with Gasteiger partial charge in [0.25, 0.3) is 5.91 Å². The minimum Gasteiger partial charge on any atom is -0.456 e. The lowest BCUT2D eigenvalue weighted by atomic mass is 9.86. The number of rotatable bonds is 6. The number of carbonyl (C=O) groups is 3. The number of benzene rings is 2. The average molecular weight is 402 g/mol. The largest absolute Gasteiger partial charge is 0.456 e. The van der Waals surface area contributed by atoms with E-state index >= 15 is 0 Å². The zero-order chi connectivity index (χ0) is 20.9. The number of hydrogen-bond acceptors (Lipinski definition) is 4. The minimum atomic E-state index is -0.917. The van der Waals surface area contributed by atoms with Gasteiger partial charge in [0.2, 0.25) is 0 Å². The molecular formula is C22H24ClNO4. The fraction of sp³-hybridized carbons (Fsp3) is 0.318. The molecule has 1 N–H and O–H groups in total. The second kappa shape index (κ2) is 9.02. The number of ether oxygens (including phenoxy) is 1. The normalized spacial score (nSPS) is 12.2. The Morgan fingerprint density at radius 2 is 1.64 bits per heavy atom. The lowest BCUT2D eigenvalue weighted by Crippen LogP contribution is -2.40. The molecule has 0 saturated carbocycles. The van der Waals surface area contributed by atoms with Gasteiger partial charge in [-0.05, 0) is 30.0 Å². The molecule has 0 aromatic heterocycles. The number of halogens is 1. The number of Topliss-reactive ketones (excluding diaryl/α,β-unsaturated/α-hetero) is 1. The zero-order valence-corrected chi connectivity index (χ0v) is 17.2. The van der Waals surface area contributed by atoms with Crippen LogP contribution in [0.5, 0.6) is 0 Å².